The van der Waals surface area contributed by atoms with Crippen molar-refractivity contribution >= 4 is 23.2 Å². The monoisotopic (exact) mass is 326 g/mol. The van der Waals surface area contributed by atoms with Gasteiger partial charge in [-0.2, -0.15) is 0 Å². The Morgan fingerprint density at radius 1 is 1.14 bits per heavy atom. The number of hydrogen-bond acceptors (Lipinski definition) is 2. The second-order valence-electron chi connectivity index (χ2n) is 6.43. The van der Waals surface area contributed by atoms with E-state index in [9.17, 15) is 0 Å². The van der Waals surface area contributed by atoms with Crippen LogP contribution in [0.15, 0.2) is 18.2 Å². The van der Waals surface area contributed by atoms with Gasteiger partial charge < -0.3 is 5.32 Å². The van der Waals surface area contributed by atoms with Gasteiger partial charge in [0.2, 0.25) is 0 Å². The maximum Gasteiger partial charge on any atom is 0.0465 e. The zero-order valence-corrected chi connectivity index (χ0v) is 14.0. The number of rotatable bonds is 3. The van der Waals surface area contributed by atoms with Gasteiger partial charge in [0, 0.05) is 42.3 Å². The topological polar surface area (TPSA) is 15.3 Å². The van der Waals surface area contributed by atoms with Crippen molar-refractivity contribution in [2.24, 2.45) is 5.92 Å². The van der Waals surface area contributed by atoms with Gasteiger partial charge in [-0.1, -0.05) is 48.5 Å². The van der Waals surface area contributed by atoms with Crippen LogP contribution in [0.1, 0.15) is 37.7 Å². The molecule has 21 heavy (non-hydrogen) atoms. The smallest absolute Gasteiger partial charge is 0.0465 e. The van der Waals surface area contributed by atoms with Crippen molar-refractivity contribution in [3.63, 3.8) is 0 Å². The number of nitrogens with one attached hydrogen (secondary N) is 1. The first kappa shape index (κ1) is 15.6. The number of halogens is 2. The third-order valence-electron chi connectivity index (χ3n) is 4.92. The summed E-state index contributed by atoms with van der Waals surface area (Å²) in [6, 6.07) is 6.50. The van der Waals surface area contributed by atoms with E-state index in [-0.39, 0.29) is 0 Å². The van der Waals surface area contributed by atoms with Crippen LogP contribution < -0.4 is 5.32 Å². The van der Waals surface area contributed by atoms with E-state index in [0.29, 0.717) is 11.1 Å². The Bertz CT molecular complexity index is 472. The van der Waals surface area contributed by atoms with Gasteiger partial charge in [0.05, 0.1) is 0 Å². The van der Waals surface area contributed by atoms with Crippen LogP contribution >= 0.6 is 23.2 Å². The average Bonchev–Trinajstić information content (AvgIpc) is 2.51. The number of hydrogen-bond donors (Lipinski definition) is 1. The Morgan fingerprint density at radius 3 is 2.71 bits per heavy atom. The van der Waals surface area contributed by atoms with Crippen molar-refractivity contribution in [3.8, 4) is 0 Å². The van der Waals surface area contributed by atoms with Crippen LogP contribution in [0.3, 0.4) is 0 Å². The molecule has 0 radical (unpaired) electrons. The molecule has 0 amide bonds. The quantitative estimate of drug-likeness (QED) is 0.888. The Hall–Kier alpha value is -0.280. The minimum atomic E-state index is 0.658. The molecule has 1 aliphatic carbocycles. The standard InChI is InChI=1S/C17H24Cl2N2/c18-15-7-6-14(16(19)10-15)11-21-9-8-20-17(12-21)13-4-2-1-3-5-13/h6-7,10,13,17,20H,1-5,8-9,11-12H2. The van der Waals surface area contributed by atoms with Crippen LogP contribution in [0.4, 0.5) is 0 Å². The zero-order chi connectivity index (χ0) is 14.7. The van der Waals surface area contributed by atoms with E-state index in [2.05, 4.69) is 16.3 Å². The molecule has 2 nitrogen and oxygen atoms in total. The minimum absolute atomic E-state index is 0.658. The summed E-state index contributed by atoms with van der Waals surface area (Å²) >= 11 is 12.3. The van der Waals surface area contributed by atoms with Crippen LogP contribution in [0.5, 0.6) is 0 Å². The van der Waals surface area contributed by atoms with Crippen molar-refractivity contribution in [1.82, 2.24) is 10.2 Å². The molecule has 4 heteroatoms. The highest BCUT2D eigenvalue weighted by molar-refractivity contribution is 6.35. The Morgan fingerprint density at radius 2 is 1.95 bits per heavy atom. The Kier molecular flexibility index (Phi) is 5.44. The maximum atomic E-state index is 6.31. The summed E-state index contributed by atoms with van der Waals surface area (Å²) in [4.78, 5) is 2.53. The molecule has 1 N–H and O–H groups in total. The van der Waals surface area contributed by atoms with E-state index in [1.807, 2.05) is 12.1 Å². The largest absolute Gasteiger partial charge is 0.311 e. The molecule has 1 unspecified atom stereocenters. The molecule has 3 rings (SSSR count). The highest BCUT2D eigenvalue weighted by Crippen LogP contribution is 2.28. The van der Waals surface area contributed by atoms with Crippen molar-refractivity contribution in [2.75, 3.05) is 19.6 Å². The van der Waals surface area contributed by atoms with E-state index in [4.69, 9.17) is 23.2 Å². The summed E-state index contributed by atoms with van der Waals surface area (Å²) < 4.78 is 0. The zero-order valence-electron chi connectivity index (χ0n) is 12.5. The highest BCUT2D eigenvalue weighted by Gasteiger charge is 2.28. The summed E-state index contributed by atoms with van der Waals surface area (Å²) in [6.45, 7) is 4.26. The van der Waals surface area contributed by atoms with E-state index < -0.39 is 0 Å². The van der Waals surface area contributed by atoms with E-state index in [0.717, 1.165) is 37.1 Å². The Labute approximate surface area is 137 Å². The van der Waals surface area contributed by atoms with Gasteiger partial charge >= 0.3 is 0 Å². The number of nitrogens with zero attached hydrogens (tertiary/aromatic N) is 1. The normalized spacial score (nSPS) is 25.1. The molecule has 116 valence electrons. The van der Waals surface area contributed by atoms with Crippen LogP contribution in [0.2, 0.25) is 10.0 Å². The molecule has 1 atom stereocenters. The first-order valence-corrected chi connectivity index (χ1v) is 8.87. The van der Waals surface area contributed by atoms with Gasteiger partial charge in [0.25, 0.3) is 0 Å². The molecular formula is C17H24Cl2N2. The van der Waals surface area contributed by atoms with Gasteiger partial charge in [-0.15, -0.1) is 0 Å². The van der Waals surface area contributed by atoms with Crippen LogP contribution in [0.25, 0.3) is 0 Å². The number of benzene rings is 1. The molecule has 1 aliphatic heterocycles. The van der Waals surface area contributed by atoms with Gasteiger partial charge in [-0.05, 0) is 36.5 Å². The second-order valence-corrected chi connectivity index (χ2v) is 7.27. The lowest BCUT2D eigenvalue weighted by Crippen LogP contribution is -2.53. The van der Waals surface area contributed by atoms with E-state index >= 15 is 0 Å². The molecule has 1 saturated carbocycles. The van der Waals surface area contributed by atoms with E-state index in [1.165, 1.54) is 37.7 Å². The fourth-order valence-electron chi connectivity index (χ4n) is 3.73. The third-order valence-corrected chi connectivity index (χ3v) is 5.50. The van der Waals surface area contributed by atoms with Crippen molar-refractivity contribution in [1.29, 1.82) is 0 Å². The summed E-state index contributed by atoms with van der Waals surface area (Å²) in [6.07, 6.45) is 7.03. The predicted molar refractivity (Wildman–Crippen MR) is 90.1 cm³/mol. The highest BCUT2D eigenvalue weighted by atomic mass is 35.5. The molecule has 2 fully saturated rings. The van der Waals surface area contributed by atoms with Crippen LogP contribution in [-0.2, 0) is 6.54 Å². The molecule has 0 spiro atoms. The van der Waals surface area contributed by atoms with Gasteiger partial charge in [0.15, 0.2) is 0 Å². The fraction of sp³-hybridized carbons (Fsp3) is 0.647. The molecule has 1 heterocycles. The van der Waals surface area contributed by atoms with Crippen molar-refractivity contribution in [2.45, 2.75) is 44.7 Å². The molecule has 1 aromatic carbocycles. The Balaban J connectivity index is 1.60. The number of piperazine rings is 1. The minimum Gasteiger partial charge on any atom is -0.311 e. The lowest BCUT2D eigenvalue weighted by atomic mass is 9.83. The average molecular weight is 327 g/mol. The lowest BCUT2D eigenvalue weighted by Gasteiger charge is -2.39. The SMILES string of the molecule is Clc1ccc(CN2CCNC(C3CCCCC3)C2)c(Cl)c1. The molecule has 1 saturated heterocycles. The van der Waals surface area contributed by atoms with Crippen LogP contribution in [0, 0.1) is 5.92 Å². The van der Waals surface area contributed by atoms with Crippen molar-refractivity contribution < 1.29 is 0 Å². The molecule has 2 aliphatic rings. The lowest BCUT2D eigenvalue weighted by molar-refractivity contribution is 0.141. The summed E-state index contributed by atoms with van der Waals surface area (Å²) in [5.41, 5.74) is 1.19. The summed E-state index contributed by atoms with van der Waals surface area (Å²) in [7, 11) is 0. The molecular weight excluding hydrogens is 303 g/mol. The van der Waals surface area contributed by atoms with Gasteiger partial charge in [0.1, 0.15) is 0 Å². The fourth-order valence-corrected chi connectivity index (χ4v) is 4.20. The maximum absolute atomic E-state index is 6.31. The summed E-state index contributed by atoms with van der Waals surface area (Å²) in [5.74, 6) is 0.863. The first-order chi connectivity index (χ1) is 10.2. The third kappa shape index (κ3) is 4.13. The summed E-state index contributed by atoms with van der Waals surface area (Å²) in [5, 5.41) is 5.23. The van der Waals surface area contributed by atoms with Gasteiger partial charge in [-0.25, -0.2) is 0 Å². The van der Waals surface area contributed by atoms with E-state index in [1.54, 1.807) is 0 Å². The second kappa shape index (κ2) is 7.32. The predicted octanol–water partition coefficient (Wildman–Crippen LogP) is 4.35. The molecule has 1 aromatic rings. The van der Waals surface area contributed by atoms with Crippen LogP contribution in [-0.4, -0.2) is 30.6 Å². The van der Waals surface area contributed by atoms with Gasteiger partial charge in [-0.3, -0.25) is 4.90 Å². The van der Waals surface area contributed by atoms with Crippen molar-refractivity contribution in [3.05, 3.63) is 33.8 Å². The first-order valence-electron chi connectivity index (χ1n) is 8.12. The molecule has 0 aromatic heterocycles. The molecule has 0 bridgehead atoms.